The van der Waals surface area contributed by atoms with Crippen molar-refractivity contribution in [2.45, 2.75) is 50.2 Å². The van der Waals surface area contributed by atoms with Crippen molar-refractivity contribution in [2.75, 3.05) is 10.8 Å². The molecule has 0 unspecified atom stereocenters. The van der Waals surface area contributed by atoms with E-state index in [9.17, 15) is 18.0 Å². The first-order valence-corrected chi connectivity index (χ1v) is 16.3. The van der Waals surface area contributed by atoms with Gasteiger partial charge >= 0.3 is 0 Å². The first-order valence-electron chi connectivity index (χ1n) is 14.1. The molecular formula is C34H35Cl2N3O4S. The molecule has 0 saturated heterocycles. The molecule has 10 heteroatoms. The zero-order valence-corrected chi connectivity index (χ0v) is 27.1. The first-order chi connectivity index (χ1) is 20.8. The van der Waals surface area contributed by atoms with Gasteiger partial charge in [-0.3, -0.25) is 13.9 Å². The van der Waals surface area contributed by atoms with Crippen molar-refractivity contribution < 1.29 is 18.0 Å². The third-order valence-electron chi connectivity index (χ3n) is 6.74. The number of anilines is 1. The lowest BCUT2D eigenvalue weighted by atomic mass is 10.0. The van der Waals surface area contributed by atoms with Crippen LogP contribution in [0.3, 0.4) is 0 Å². The lowest BCUT2D eigenvalue weighted by molar-refractivity contribution is -0.140. The minimum absolute atomic E-state index is 0.000391. The number of hydrogen-bond donors (Lipinski definition) is 1. The van der Waals surface area contributed by atoms with Crippen LogP contribution in [0.4, 0.5) is 5.69 Å². The molecule has 0 heterocycles. The molecule has 0 spiro atoms. The number of carbonyl (C=O) groups excluding carboxylic acids is 2. The molecular weight excluding hydrogens is 617 g/mol. The number of rotatable bonds is 11. The highest BCUT2D eigenvalue weighted by Gasteiger charge is 2.36. The molecule has 0 aliphatic carbocycles. The molecule has 4 aromatic rings. The van der Waals surface area contributed by atoms with E-state index in [0.717, 1.165) is 9.87 Å². The van der Waals surface area contributed by atoms with Crippen LogP contribution >= 0.6 is 23.2 Å². The van der Waals surface area contributed by atoms with E-state index < -0.39 is 34.1 Å². The van der Waals surface area contributed by atoms with Crippen molar-refractivity contribution in [3.63, 3.8) is 0 Å². The van der Waals surface area contributed by atoms with E-state index in [0.29, 0.717) is 10.6 Å². The van der Waals surface area contributed by atoms with Crippen LogP contribution in [0.2, 0.25) is 10.0 Å². The van der Waals surface area contributed by atoms with Crippen molar-refractivity contribution in [3.8, 4) is 0 Å². The molecule has 0 aliphatic heterocycles. The molecule has 0 fully saturated rings. The van der Waals surface area contributed by atoms with Gasteiger partial charge in [0.05, 0.1) is 15.6 Å². The SMILES string of the molecule is CC(C)(C)NC(=O)[C@H](Cc1ccccc1)N(Cc1cccc(Cl)c1)C(=O)CN(c1ccccc1Cl)S(=O)(=O)c1ccccc1. The predicted molar refractivity (Wildman–Crippen MR) is 176 cm³/mol. The van der Waals surface area contributed by atoms with Gasteiger partial charge in [-0.2, -0.15) is 0 Å². The molecule has 230 valence electrons. The van der Waals surface area contributed by atoms with E-state index >= 15 is 0 Å². The topological polar surface area (TPSA) is 86.8 Å². The van der Waals surface area contributed by atoms with Gasteiger partial charge in [0.25, 0.3) is 10.0 Å². The van der Waals surface area contributed by atoms with Crippen molar-refractivity contribution in [3.05, 3.63) is 130 Å². The Morgan fingerprint density at radius 1 is 0.795 bits per heavy atom. The van der Waals surface area contributed by atoms with Crippen LogP contribution in [0.1, 0.15) is 31.9 Å². The summed E-state index contributed by atoms with van der Waals surface area (Å²) < 4.78 is 29.1. The van der Waals surface area contributed by atoms with Crippen LogP contribution < -0.4 is 9.62 Å². The molecule has 0 aromatic heterocycles. The number of benzene rings is 4. The molecule has 44 heavy (non-hydrogen) atoms. The van der Waals surface area contributed by atoms with Gasteiger partial charge < -0.3 is 10.2 Å². The standard InChI is InChI=1S/C34H35Cl2N3O4S/c1-34(2,3)37-33(41)31(22-25-13-6-4-7-14-25)38(23-26-15-12-16-27(35)21-26)32(40)24-39(30-20-11-10-19-29(30)36)44(42,43)28-17-8-5-9-18-28/h4-21,31H,22-24H2,1-3H3,(H,37,41)/t31-/m0/s1. The molecule has 2 amide bonds. The van der Waals surface area contributed by atoms with Gasteiger partial charge in [-0.1, -0.05) is 96.0 Å². The second-order valence-electron chi connectivity index (χ2n) is 11.4. The zero-order valence-electron chi connectivity index (χ0n) is 24.8. The Morgan fingerprint density at radius 2 is 1.39 bits per heavy atom. The minimum atomic E-state index is -4.24. The predicted octanol–water partition coefficient (Wildman–Crippen LogP) is 6.74. The Labute approximate surface area is 269 Å². The average molecular weight is 653 g/mol. The molecule has 1 atom stereocenters. The van der Waals surface area contributed by atoms with Gasteiger partial charge in [0, 0.05) is 23.5 Å². The van der Waals surface area contributed by atoms with Crippen LogP contribution in [0, 0.1) is 0 Å². The molecule has 0 bridgehead atoms. The summed E-state index contributed by atoms with van der Waals surface area (Å²) in [6.45, 7) is 4.99. The Balaban J connectivity index is 1.82. The maximum absolute atomic E-state index is 14.5. The molecule has 4 aromatic carbocycles. The fourth-order valence-electron chi connectivity index (χ4n) is 4.73. The first kappa shape index (κ1) is 33.1. The van der Waals surface area contributed by atoms with Crippen LogP contribution in [0.5, 0.6) is 0 Å². The molecule has 7 nitrogen and oxygen atoms in total. The summed E-state index contributed by atoms with van der Waals surface area (Å²) in [4.78, 5) is 29.8. The number of nitrogens with zero attached hydrogens (tertiary/aromatic N) is 2. The lowest BCUT2D eigenvalue weighted by Gasteiger charge is -2.35. The monoisotopic (exact) mass is 651 g/mol. The number of sulfonamides is 1. The molecule has 0 radical (unpaired) electrons. The van der Waals surface area contributed by atoms with Crippen molar-refractivity contribution in [1.29, 1.82) is 0 Å². The van der Waals surface area contributed by atoms with Crippen LogP contribution in [-0.2, 0) is 32.6 Å². The second kappa shape index (κ2) is 14.3. The van der Waals surface area contributed by atoms with E-state index in [-0.39, 0.29) is 34.5 Å². The van der Waals surface area contributed by atoms with Gasteiger partial charge in [-0.15, -0.1) is 0 Å². The maximum atomic E-state index is 14.5. The molecule has 4 rings (SSSR count). The third-order valence-corrected chi connectivity index (χ3v) is 9.07. The van der Waals surface area contributed by atoms with Crippen molar-refractivity contribution in [1.82, 2.24) is 10.2 Å². The number of hydrogen-bond acceptors (Lipinski definition) is 4. The van der Waals surface area contributed by atoms with Gasteiger partial charge in [0.1, 0.15) is 12.6 Å². The summed E-state index contributed by atoms with van der Waals surface area (Å²) in [6, 6.07) is 29.7. The molecule has 1 N–H and O–H groups in total. The smallest absolute Gasteiger partial charge is 0.264 e. The third kappa shape index (κ3) is 8.62. The largest absolute Gasteiger partial charge is 0.350 e. The molecule has 0 aliphatic rings. The van der Waals surface area contributed by atoms with Crippen molar-refractivity contribution in [2.24, 2.45) is 0 Å². The van der Waals surface area contributed by atoms with E-state index in [4.69, 9.17) is 23.2 Å². The number of nitrogens with one attached hydrogen (secondary N) is 1. The van der Waals surface area contributed by atoms with Crippen LogP contribution in [-0.4, -0.2) is 43.3 Å². The summed E-state index contributed by atoms with van der Waals surface area (Å²) in [5.41, 5.74) is 1.08. The normalized spacial score (nSPS) is 12.3. The van der Waals surface area contributed by atoms with Crippen LogP contribution in [0.25, 0.3) is 0 Å². The number of amides is 2. The minimum Gasteiger partial charge on any atom is -0.350 e. The summed E-state index contributed by atoms with van der Waals surface area (Å²) >= 11 is 12.8. The quantitative estimate of drug-likeness (QED) is 0.194. The Bertz CT molecular complexity index is 1690. The summed E-state index contributed by atoms with van der Waals surface area (Å²) in [6.07, 6.45) is 0.201. The summed E-state index contributed by atoms with van der Waals surface area (Å²) in [7, 11) is -4.24. The number of halogens is 2. The van der Waals surface area contributed by atoms with E-state index in [1.54, 1.807) is 66.7 Å². The highest BCUT2D eigenvalue weighted by atomic mass is 35.5. The summed E-state index contributed by atoms with van der Waals surface area (Å²) in [5.74, 6) is -0.957. The summed E-state index contributed by atoms with van der Waals surface area (Å²) in [5, 5.41) is 3.64. The fourth-order valence-corrected chi connectivity index (χ4v) is 6.68. The lowest BCUT2D eigenvalue weighted by Crippen LogP contribution is -2.56. The highest BCUT2D eigenvalue weighted by molar-refractivity contribution is 7.92. The Morgan fingerprint density at radius 3 is 2.00 bits per heavy atom. The maximum Gasteiger partial charge on any atom is 0.264 e. The average Bonchev–Trinajstić information content (AvgIpc) is 2.98. The van der Waals surface area contributed by atoms with Gasteiger partial charge in [-0.25, -0.2) is 8.42 Å². The van der Waals surface area contributed by atoms with Gasteiger partial charge in [0.2, 0.25) is 11.8 Å². The van der Waals surface area contributed by atoms with Gasteiger partial charge in [0.15, 0.2) is 0 Å². The number of carbonyl (C=O) groups is 2. The van der Waals surface area contributed by atoms with Crippen LogP contribution in [0.15, 0.2) is 114 Å². The fraction of sp³-hybridized carbons (Fsp3) is 0.235. The number of para-hydroxylation sites is 1. The Kier molecular flexibility index (Phi) is 10.7. The van der Waals surface area contributed by atoms with E-state index in [2.05, 4.69) is 5.32 Å². The van der Waals surface area contributed by atoms with E-state index in [1.165, 1.54) is 17.0 Å². The zero-order chi connectivity index (χ0) is 31.9. The second-order valence-corrected chi connectivity index (χ2v) is 14.1. The highest BCUT2D eigenvalue weighted by Crippen LogP contribution is 2.31. The van der Waals surface area contributed by atoms with E-state index in [1.807, 2.05) is 51.1 Å². The molecule has 0 saturated carbocycles. The van der Waals surface area contributed by atoms with Gasteiger partial charge in [-0.05, 0) is 68.3 Å². The van der Waals surface area contributed by atoms with Crippen molar-refractivity contribution >= 4 is 50.7 Å². The Hall–Kier alpha value is -3.85.